The summed E-state index contributed by atoms with van der Waals surface area (Å²) in [5.41, 5.74) is 3.04. The summed E-state index contributed by atoms with van der Waals surface area (Å²) in [5, 5.41) is 0.995. The third-order valence-electron chi connectivity index (χ3n) is 4.31. The molecule has 2 atom stereocenters. The molecule has 0 saturated heterocycles. The first-order valence-corrected chi connectivity index (χ1v) is 10.9. The molecule has 0 amide bonds. The number of nitrogens with zero attached hydrogens (tertiary/aromatic N) is 2. The van der Waals surface area contributed by atoms with E-state index in [1.807, 2.05) is 19.9 Å². The fourth-order valence-electron chi connectivity index (χ4n) is 2.69. The van der Waals surface area contributed by atoms with Crippen molar-refractivity contribution < 1.29 is 14.0 Å². The van der Waals surface area contributed by atoms with Gasteiger partial charge in [-0.1, -0.05) is 24.9 Å². The van der Waals surface area contributed by atoms with E-state index in [1.165, 1.54) is 0 Å². The first kappa shape index (κ1) is 24.5. The van der Waals surface area contributed by atoms with E-state index in [1.54, 1.807) is 24.4 Å². The predicted octanol–water partition coefficient (Wildman–Crippen LogP) is 4.12. The standard InChI is InChI=1S/C20H24ClN3O3S.Na.H/c1-4-5-10-26-14(3)27-19-8-9-22-18(13(19)2)12-28(25)20-23-16-7-6-15(21)11-17(16)24-20;;/h6-9,11,14H,4-5,10,12H2,1-3H3,(H,23,24);;. The van der Waals surface area contributed by atoms with Gasteiger partial charge in [0.05, 0.1) is 23.3 Å². The van der Waals surface area contributed by atoms with Crippen molar-refractivity contribution in [3.8, 4) is 5.75 Å². The van der Waals surface area contributed by atoms with Gasteiger partial charge in [-0.25, -0.2) is 0 Å². The van der Waals surface area contributed by atoms with Crippen molar-refractivity contribution in [2.24, 2.45) is 0 Å². The van der Waals surface area contributed by atoms with Crippen molar-refractivity contribution in [1.82, 2.24) is 15.0 Å². The molecule has 0 radical (unpaired) electrons. The summed E-state index contributed by atoms with van der Waals surface area (Å²) in [6.07, 6.45) is 3.37. The fraction of sp³-hybridized carbons (Fsp3) is 0.400. The number of hydrogen-bond donors (Lipinski definition) is 1. The molecule has 2 unspecified atom stereocenters. The van der Waals surface area contributed by atoms with Crippen LogP contribution in [0.2, 0.25) is 5.02 Å². The Kier molecular flexibility index (Phi) is 9.75. The van der Waals surface area contributed by atoms with Crippen LogP contribution in [0.4, 0.5) is 0 Å². The zero-order valence-corrected chi connectivity index (χ0v) is 17.8. The maximum absolute atomic E-state index is 12.8. The van der Waals surface area contributed by atoms with Crippen LogP contribution in [0.5, 0.6) is 5.75 Å². The van der Waals surface area contributed by atoms with Gasteiger partial charge in [0.2, 0.25) is 0 Å². The monoisotopic (exact) mass is 445 g/mol. The van der Waals surface area contributed by atoms with Crippen molar-refractivity contribution in [3.63, 3.8) is 0 Å². The molecule has 0 saturated carbocycles. The Hall–Kier alpha value is -0.800. The molecule has 29 heavy (non-hydrogen) atoms. The molecule has 0 spiro atoms. The third kappa shape index (κ3) is 6.59. The molecule has 152 valence electrons. The number of nitrogens with one attached hydrogen (secondary N) is 1. The maximum atomic E-state index is 12.8. The number of H-pyrrole nitrogens is 1. The molecule has 0 bridgehead atoms. The molecule has 3 aromatic rings. The van der Waals surface area contributed by atoms with Crippen molar-refractivity contribution in [3.05, 3.63) is 46.7 Å². The molecule has 0 aliphatic heterocycles. The summed E-state index contributed by atoms with van der Waals surface area (Å²) in [6, 6.07) is 7.13. The van der Waals surface area contributed by atoms with Crippen LogP contribution in [0, 0.1) is 6.92 Å². The number of aromatic nitrogens is 3. The third-order valence-corrected chi connectivity index (χ3v) is 5.70. The van der Waals surface area contributed by atoms with E-state index in [-0.39, 0.29) is 41.6 Å². The molecule has 2 aromatic heterocycles. The van der Waals surface area contributed by atoms with Gasteiger partial charge in [0.1, 0.15) is 5.75 Å². The van der Waals surface area contributed by atoms with Gasteiger partial charge in [0.25, 0.3) is 0 Å². The Bertz CT molecular complexity index is 940. The van der Waals surface area contributed by atoms with Gasteiger partial charge >= 0.3 is 34.7 Å². The second-order valence-corrected chi connectivity index (χ2v) is 8.29. The van der Waals surface area contributed by atoms with Gasteiger partial charge in [-0.15, -0.1) is 0 Å². The average Bonchev–Trinajstić information content (AvgIpc) is 3.08. The number of halogens is 1. The van der Waals surface area contributed by atoms with Crippen LogP contribution in [0.15, 0.2) is 35.6 Å². The molecule has 3 rings (SSSR count). The molecule has 1 N–H and O–H groups in total. The molecule has 6 nitrogen and oxygen atoms in total. The van der Waals surface area contributed by atoms with Crippen LogP contribution < -0.4 is 4.74 Å². The van der Waals surface area contributed by atoms with E-state index in [0.717, 1.165) is 23.9 Å². The molecule has 0 aliphatic rings. The topological polar surface area (TPSA) is 83.1 Å². The van der Waals surface area contributed by atoms with Crippen molar-refractivity contribution in [1.29, 1.82) is 0 Å². The zero-order chi connectivity index (χ0) is 20.1. The van der Waals surface area contributed by atoms with Crippen LogP contribution in [-0.4, -0.2) is 62.0 Å². The first-order chi connectivity index (χ1) is 13.5. The number of imidazole rings is 1. The summed E-state index contributed by atoms with van der Waals surface area (Å²) >= 11 is 4.62. The Balaban J connectivity index is 0.00000300. The van der Waals surface area contributed by atoms with Crippen molar-refractivity contribution >= 4 is 63.4 Å². The van der Waals surface area contributed by atoms with Crippen LogP contribution in [0.3, 0.4) is 0 Å². The van der Waals surface area contributed by atoms with Crippen LogP contribution in [0.25, 0.3) is 11.0 Å². The molecule has 9 heteroatoms. The zero-order valence-electron chi connectivity index (χ0n) is 16.2. The summed E-state index contributed by atoms with van der Waals surface area (Å²) in [4.78, 5) is 11.9. The Morgan fingerprint density at radius 1 is 1.31 bits per heavy atom. The summed E-state index contributed by atoms with van der Waals surface area (Å²) in [7, 11) is 0. The number of hydrogen-bond acceptors (Lipinski definition) is 5. The average molecular weight is 446 g/mol. The molecular weight excluding hydrogens is 421 g/mol. The molecule has 0 fully saturated rings. The first-order valence-electron chi connectivity index (χ1n) is 9.24. The SMILES string of the molecule is CCCCOC(C)Oc1ccnc(C[S+]([O-])c2nc3cc(Cl)ccc3[nH]2)c1C.[NaH]. The van der Waals surface area contributed by atoms with Gasteiger partial charge in [0.15, 0.2) is 12.0 Å². The number of benzene rings is 1. The number of unbranched alkanes of at least 4 members (excludes halogenated alkanes) is 1. The Labute approximate surface area is 201 Å². The predicted molar refractivity (Wildman–Crippen MR) is 118 cm³/mol. The number of pyridine rings is 1. The Morgan fingerprint density at radius 3 is 2.86 bits per heavy atom. The van der Waals surface area contributed by atoms with Gasteiger partial charge in [-0.2, -0.15) is 4.98 Å². The van der Waals surface area contributed by atoms with E-state index in [0.29, 0.717) is 33.7 Å². The summed E-state index contributed by atoms with van der Waals surface area (Å²) < 4.78 is 24.3. The minimum absolute atomic E-state index is 0. The van der Waals surface area contributed by atoms with Crippen LogP contribution >= 0.6 is 11.6 Å². The number of ether oxygens (including phenoxy) is 2. The van der Waals surface area contributed by atoms with E-state index >= 15 is 0 Å². The van der Waals surface area contributed by atoms with Crippen LogP contribution in [0.1, 0.15) is 37.9 Å². The van der Waals surface area contributed by atoms with Crippen LogP contribution in [-0.2, 0) is 21.7 Å². The van der Waals surface area contributed by atoms with E-state index < -0.39 is 11.2 Å². The Morgan fingerprint density at radius 2 is 2.10 bits per heavy atom. The van der Waals surface area contributed by atoms with Gasteiger partial charge in [0, 0.05) is 28.0 Å². The van der Waals surface area contributed by atoms with Crippen molar-refractivity contribution in [2.45, 2.75) is 50.8 Å². The number of rotatable bonds is 9. The minimum atomic E-state index is -1.37. The number of fused-ring (bicyclic) bond motifs is 1. The van der Waals surface area contributed by atoms with E-state index in [4.69, 9.17) is 21.1 Å². The van der Waals surface area contributed by atoms with Gasteiger partial charge in [-0.3, -0.25) is 9.97 Å². The van der Waals surface area contributed by atoms with Crippen molar-refractivity contribution in [2.75, 3.05) is 6.61 Å². The number of aromatic amines is 1. The summed E-state index contributed by atoms with van der Waals surface area (Å²) in [6.45, 7) is 6.55. The fourth-order valence-corrected chi connectivity index (χ4v) is 3.96. The summed E-state index contributed by atoms with van der Waals surface area (Å²) in [5.74, 6) is 0.921. The van der Waals surface area contributed by atoms with Gasteiger partial charge in [-0.05, 0) is 44.5 Å². The quantitative estimate of drug-likeness (QED) is 0.232. The normalized spacial score (nSPS) is 13.1. The molecule has 2 heterocycles. The molecule has 1 aromatic carbocycles. The molecular formula is C20H25ClN3NaO3S. The second kappa shape index (κ2) is 11.6. The second-order valence-electron chi connectivity index (χ2n) is 6.48. The van der Waals surface area contributed by atoms with E-state index in [9.17, 15) is 4.55 Å². The molecule has 0 aliphatic carbocycles. The van der Waals surface area contributed by atoms with E-state index in [2.05, 4.69) is 21.9 Å². The van der Waals surface area contributed by atoms with Gasteiger partial charge < -0.3 is 14.0 Å².